The summed E-state index contributed by atoms with van der Waals surface area (Å²) in [6.07, 6.45) is 0.840. The highest BCUT2D eigenvalue weighted by atomic mass is 32.2. The maximum atomic E-state index is 12.7. The van der Waals surface area contributed by atoms with E-state index in [-0.39, 0.29) is 10.8 Å². The molecule has 112 valence electrons. The molecule has 1 fully saturated rings. The molecule has 1 unspecified atom stereocenters. The van der Waals surface area contributed by atoms with E-state index in [2.05, 4.69) is 17.3 Å². The summed E-state index contributed by atoms with van der Waals surface area (Å²) in [6, 6.07) is 10.0. The predicted octanol–water partition coefficient (Wildman–Crippen LogP) is 2.47. The molecule has 1 atom stereocenters. The number of hydrogen-bond donors (Lipinski definition) is 0. The number of hydrogen-bond acceptors (Lipinski definition) is 4. The Morgan fingerprint density at radius 3 is 2.57 bits per heavy atom. The topological polar surface area (TPSA) is 63.4 Å². The fourth-order valence-corrected chi connectivity index (χ4v) is 4.71. The van der Waals surface area contributed by atoms with Gasteiger partial charge in [0.15, 0.2) is 5.76 Å². The average molecular weight is 306 g/mol. The van der Waals surface area contributed by atoms with E-state index < -0.39 is 10.0 Å². The molecule has 1 aliphatic heterocycles. The first-order chi connectivity index (χ1) is 10.00. The van der Waals surface area contributed by atoms with E-state index in [4.69, 9.17) is 4.52 Å². The lowest BCUT2D eigenvalue weighted by Gasteiger charge is -2.16. The molecule has 21 heavy (non-hydrogen) atoms. The molecule has 0 amide bonds. The summed E-state index contributed by atoms with van der Waals surface area (Å²) >= 11 is 0. The van der Waals surface area contributed by atoms with Crippen molar-refractivity contribution >= 4 is 10.0 Å². The molecule has 2 heterocycles. The first-order valence-corrected chi connectivity index (χ1v) is 8.42. The van der Waals surface area contributed by atoms with Gasteiger partial charge in [0.1, 0.15) is 10.6 Å². The van der Waals surface area contributed by atoms with Crippen LogP contribution >= 0.6 is 0 Å². The van der Waals surface area contributed by atoms with E-state index in [9.17, 15) is 8.42 Å². The van der Waals surface area contributed by atoms with Crippen LogP contribution in [0.2, 0.25) is 0 Å². The highest BCUT2D eigenvalue weighted by molar-refractivity contribution is 7.89. The first kappa shape index (κ1) is 14.3. The van der Waals surface area contributed by atoms with E-state index in [0.717, 1.165) is 6.42 Å². The summed E-state index contributed by atoms with van der Waals surface area (Å²) in [7, 11) is -3.52. The van der Waals surface area contributed by atoms with Gasteiger partial charge in [0, 0.05) is 13.1 Å². The molecule has 0 N–H and O–H groups in total. The molecule has 0 spiro atoms. The summed E-state index contributed by atoms with van der Waals surface area (Å²) in [5.74, 6) is 0.608. The molecule has 0 saturated carbocycles. The van der Waals surface area contributed by atoms with Crippen molar-refractivity contribution in [2.45, 2.75) is 31.1 Å². The van der Waals surface area contributed by atoms with Gasteiger partial charge < -0.3 is 4.52 Å². The second-order valence-electron chi connectivity index (χ2n) is 5.41. The van der Waals surface area contributed by atoms with Crippen LogP contribution in [0.1, 0.15) is 29.4 Å². The zero-order chi connectivity index (χ0) is 15.0. The third-order valence-electron chi connectivity index (χ3n) is 3.99. The van der Waals surface area contributed by atoms with Crippen LogP contribution in [0.25, 0.3) is 0 Å². The summed E-state index contributed by atoms with van der Waals surface area (Å²) in [5.41, 5.74) is 1.62. The van der Waals surface area contributed by atoms with E-state index in [1.54, 1.807) is 13.8 Å². The van der Waals surface area contributed by atoms with Crippen molar-refractivity contribution in [3.05, 3.63) is 47.3 Å². The van der Waals surface area contributed by atoms with Gasteiger partial charge in [-0.3, -0.25) is 0 Å². The minimum absolute atomic E-state index is 0.219. The molecular formula is C15H18N2O3S. The van der Waals surface area contributed by atoms with Gasteiger partial charge in [0.05, 0.1) is 0 Å². The standard InChI is InChI=1S/C15H18N2O3S/c1-11-15(12(2)20-16-11)21(18,19)17-9-8-14(10-17)13-6-4-3-5-7-13/h3-7,14H,8-10H2,1-2H3. The van der Waals surface area contributed by atoms with E-state index in [1.165, 1.54) is 9.87 Å². The van der Waals surface area contributed by atoms with Crippen LogP contribution in [0.15, 0.2) is 39.8 Å². The Bertz CT molecular complexity index is 718. The Morgan fingerprint density at radius 1 is 1.24 bits per heavy atom. The van der Waals surface area contributed by atoms with Crippen molar-refractivity contribution < 1.29 is 12.9 Å². The number of benzene rings is 1. The molecule has 1 aromatic heterocycles. The zero-order valence-electron chi connectivity index (χ0n) is 12.1. The number of rotatable bonds is 3. The highest BCUT2D eigenvalue weighted by Gasteiger charge is 2.36. The smallest absolute Gasteiger partial charge is 0.248 e. The quantitative estimate of drug-likeness (QED) is 0.874. The van der Waals surface area contributed by atoms with Gasteiger partial charge in [-0.15, -0.1) is 0 Å². The Morgan fingerprint density at radius 2 is 1.95 bits per heavy atom. The van der Waals surface area contributed by atoms with Crippen molar-refractivity contribution in [3.8, 4) is 0 Å². The molecular weight excluding hydrogens is 288 g/mol. The minimum atomic E-state index is -3.52. The maximum absolute atomic E-state index is 12.7. The Balaban J connectivity index is 1.86. The van der Waals surface area contributed by atoms with E-state index >= 15 is 0 Å². The molecule has 2 aromatic rings. The normalized spacial score (nSPS) is 20.0. The van der Waals surface area contributed by atoms with Crippen LogP contribution in [0.3, 0.4) is 0 Å². The second kappa shape index (κ2) is 5.27. The maximum Gasteiger partial charge on any atom is 0.248 e. The van der Waals surface area contributed by atoms with Gasteiger partial charge in [0.25, 0.3) is 0 Å². The predicted molar refractivity (Wildman–Crippen MR) is 78.5 cm³/mol. The summed E-state index contributed by atoms with van der Waals surface area (Å²) in [4.78, 5) is 0.219. The lowest BCUT2D eigenvalue weighted by Crippen LogP contribution is -2.29. The fraction of sp³-hybridized carbons (Fsp3) is 0.400. The molecule has 5 nitrogen and oxygen atoms in total. The van der Waals surface area contributed by atoms with Gasteiger partial charge in [0.2, 0.25) is 10.0 Å². The number of sulfonamides is 1. The highest BCUT2D eigenvalue weighted by Crippen LogP contribution is 2.32. The van der Waals surface area contributed by atoms with Gasteiger partial charge >= 0.3 is 0 Å². The minimum Gasteiger partial charge on any atom is -0.360 e. The van der Waals surface area contributed by atoms with Gasteiger partial charge in [-0.25, -0.2) is 8.42 Å². The SMILES string of the molecule is Cc1noc(C)c1S(=O)(=O)N1CCC(c2ccccc2)C1. The Labute approximate surface area is 124 Å². The van der Waals surface area contributed by atoms with E-state index in [1.807, 2.05) is 18.2 Å². The zero-order valence-corrected chi connectivity index (χ0v) is 12.9. The third kappa shape index (κ3) is 2.49. The summed E-state index contributed by atoms with van der Waals surface area (Å²) < 4.78 is 32.0. The van der Waals surface area contributed by atoms with Crippen LogP contribution < -0.4 is 0 Å². The number of aromatic nitrogens is 1. The van der Waals surface area contributed by atoms with Crippen molar-refractivity contribution in [3.63, 3.8) is 0 Å². The molecule has 1 aliphatic rings. The third-order valence-corrected chi connectivity index (χ3v) is 6.10. The number of nitrogens with zero attached hydrogens (tertiary/aromatic N) is 2. The van der Waals surface area contributed by atoms with Gasteiger partial charge in [-0.05, 0) is 31.7 Å². The first-order valence-electron chi connectivity index (χ1n) is 6.98. The van der Waals surface area contributed by atoms with Crippen LogP contribution in [0.5, 0.6) is 0 Å². The molecule has 0 aliphatic carbocycles. The van der Waals surface area contributed by atoms with Crippen LogP contribution in [0, 0.1) is 13.8 Å². The largest absolute Gasteiger partial charge is 0.360 e. The fourth-order valence-electron chi connectivity index (χ4n) is 2.92. The van der Waals surface area contributed by atoms with Crippen LogP contribution in [-0.4, -0.2) is 31.0 Å². The molecule has 0 bridgehead atoms. The van der Waals surface area contributed by atoms with Gasteiger partial charge in [-0.1, -0.05) is 35.5 Å². The van der Waals surface area contributed by atoms with Crippen molar-refractivity contribution in [1.29, 1.82) is 0 Å². The van der Waals surface area contributed by atoms with Crippen LogP contribution in [0.4, 0.5) is 0 Å². The molecule has 3 rings (SSSR count). The lowest BCUT2D eigenvalue weighted by molar-refractivity contribution is 0.389. The molecule has 1 saturated heterocycles. The summed E-state index contributed by atoms with van der Waals surface area (Å²) in [5, 5.41) is 3.75. The Kier molecular flexibility index (Phi) is 3.59. The monoisotopic (exact) mass is 306 g/mol. The average Bonchev–Trinajstić information content (AvgIpc) is 3.08. The van der Waals surface area contributed by atoms with Crippen molar-refractivity contribution in [1.82, 2.24) is 9.46 Å². The lowest BCUT2D eigenvalue weighted by atomic mass is 9.99. The Hall–Kier alpha value is -1.66. The van der Waals surface area contributed by atoms with Crippen LogP contribution in [-0.2, 0) is 10.0 Å². The van der Waals surface area contributed by atoms with Crippen molar-refractivity contribution in [2.24, 2.45) is 0 Å². The van der Waals surface area contributed by atoms with Crippen molar-refractivity contribution in [2.75, 3.05) is 13.1 Å². The second-order valence-corrected chi connectivity index (χ2v) is 7.29. The number of aryl methyl sites for hydroxylation is 2. The van der Waals surface area contributed by atoms with E-state index in [0.29, 0.717) is 24.5 Å². The molecule has 0 radical (unpaired) electrons. The molecule has 6 heteroatoms. The summed E-state index contributed by atoms with van der Waals surface area (Å²) in [6.45, 7) is 4.34. The van der Waals surface area contributed by atoms with Gasteiger partial charge in [-0.2, -0.15) is 4.31 Å². The molecule has 1 aromatic carbocycles.